The summed E-state index contributed by atoms with van der Waals surface area (Å²) in [6, 6.07) is 11.2. The minimum Gasteiger partial charge on any atom is -0.311 e. The van der Waals surface area contributed by atoms with Gasteiger partial charge in [0.25, 0.3) is 0 Å². The van der Waals surface area contributed by atoms with Crippen molar-refractivity contribution in [3.63, 3.8) is 0 Å². The highest BCUT2D eigenvalue weighted by molar-refractivity contribution is 7.89. The molecule has 7 heteroatoms. The summed E-state index contributed by atoms with van der Waals surface area (Å²) in [7, 11) is -3.76. The van der Waals surface area contributed by atoms with Crippen LogP contribution in [0.5, 0.6) is 0 Å². The summed E-state index contributed by atoms with van der Waals surface area (Å²) < 4.78 is 40.3. The maximum absolute atomic E-state index is 13.0. The normalized spacial score (nSPS) is 18.2. The van der Waals surface area contributed by atoms with E-state index in [0.717, 1.165) is 5.56 Å². The molecule has 0 radical (unpaired) electrons. The largest absolute Gasteiger partial charge is 0.311 e. The molecule has 1 aliphatic rings. The maximum atomic E-state index is 13.0. The molecule has 5 nitrogen and oxygen atoms in total. The Kier molecular flexibility index (Phi) is 4.38. The Morgan fingerprint density at radius 1 is 1.08 bits per heavy atom. The average molecular weight is 348 g/mol. The quantitative estimate of drug-likeness (QED) is 0.921. The molecule has 1 N–H and O–H groups in total. The Hall–Kier alpha value is -2.25. The van der Waals surface area contributed by atoms with Crippen molar-refractivity contribution in [2.75, 3.05) is 11.4 Å². The molecule has 0 unspecified atom stereocenters. The first-order valence-corrected chi connectivity index (χ1v) is 9.01. The highest BCUT2D eigenvalue weighted by Gasteiger charge is 2.35. The summed E-state index contributed by atoms with van der Waals surface area (Å²) in [6.45, 7) is 2.25. The van der Waals surface area contributed by atoms with Crippen LogP contribution in [0.15, 0.2) is 53.4 Å². The predicted octanol–water partition coefficient (Wildman–Crippen LogP) is 2.22. The summed E-state index contributed by atoms with van der Waals surface area (Å²) in [5.74, 6) is -0.723. The number of aryl methyl sites for hydroxylation is 1. The van der Waals surface area contributed by atoms with E-state index in [9.17, 15) is 17.6 Å². The topological polar surface area (TPSA) is 66.5 Å². The number of nitrogens with zero attached hydrogens (tertiary/aromatic N) is 1. The van der Waals surface area contributed by atoms with Gasteiger partial charge in [-0.3, -0.25) is 4.79 Å². The van der Waals surface area contributed by atoms with Crippen molar-refractivity contribution >= 4 is 21.6 Å². The van der Waals surface area contributed by atoms with E-state index in [-0.39, 0.29) is 16.6 Å². The standard InChI is InChI=1S/C17H17FN2O3S/c1-12-2-8-15(9-3-12)24(22,23)19-16-10-11-20(17(16)21)14-6-4-13(18)5-7-14/h2-9,16,19H,10-11H2,1H3/t16-/m1/s1. The van der Waals surface area contributed by atoms with E-state index in [0.29, 0.717) is 18.7 Å². The number of anilines is 1. The van der Waals surface area contributed by atoms with Crippen molar-refractivity contribution in [3.8, 4) is 0 Å². The van der Waals surface area contributed by atoms with Gasteiger partial charge in [-0.15, -0.1) is 0 Å². The number of nitrogens with one attached hydrogen (secondary N) is 1. The molecule has 1 aliphatic heterocycles. The number of amides is 1. The Balaban J connectivity index is 1.76. The number of carbonyl (C=O) groups is 1. The van der Waals surface area contributed by atoms with Crippen molar-refractivity contribution in [1.82, 2.24) is 4.72 Å². The van der Waals surface area contributed by atoms with Crippen LogP contribution in [0, 0.1) is 12.7 Å². The van der Waals surface area contributed by atoms with Gasteiger partial charge in [-0.25, -0.2) is 12.8 Å². The summed E-state index contributed by atoms with van der Waals surface area (Å²) in [6.07, 6.45) is 0.362. The minimum absolute atomic E-state index is 0.126. The lowest BCUT2D eigenvalue weighted by Crippen LogP contribution is -2.41. The van der Waals surface area contributed by atoms with Crippen LogP contribution in [-0.2, 0) is 14.8 Å². The molecule has 1 saturated heterocycles. The van der Waals surface area contributed by atoms with Gasteiger partial charge in [-0.2, -0.15) is 4.72 Å². The molecular formula is C17H17FN2O3S. The second kappa shape index (κ2) is 6.33. The fraction of sp³-hybridized carbons (Fsp3) is 0.235. The van der Waals surface area contributed by atoms with E-state index in [1.54, 1.807) is 12.1 Å². The fourth-order valence-corrected chi connectivity index (χ4v) is 3.86. The van der Waals surface area contributed by atoms with E-state index in [1.807, 2.05) is 6.92 Å². The summed E-state index contributed by atoms with van der Waals surface area (Å²) in [5, 5.41) is 0. The molecule has 1 heterocycles. The molecule has 1 fully saturated rings. The number of rotatable bonds is 4. The van der Waals surface area contributed by atoms with Gasteiger partial charge >= 0.3 is 0 Å². The van der Waals surface area contributed by atoms with Crippen LogP contribution in [0.1, 0.15) is 12.0 Å². The minimum atomic E-state index is -3.76. The zero-order chi connectivity index (χ0) is 17.3. The third-order valence-electron chi connectivity index (χ3n) is 3.97. The van der Waals surface area contributed by atoms with Crippen LogP contribution >= 0.6 is 0 Å². The average Bonchev–Trinajstić information content (AvgIpc) is 2.89. The predicted molar refractivity (Wildman–Crippen MR) is 88.7 cm³/mol. The summed E-state index contributed by atoms with van der Waals surface area (Å²) >= 11 is 0. The monoisotopic (exact) mass is 348 g/mol. The van der Waals surface area contributed by atoms with Crippen molar-refractivity contribution in [2.45, 2.75) is 24.3 Å². The molecule has 0 bridgehead atoms. The number of carbonyl (C=O) groups excluding carboxylic acids is 1. The Labute approximate surface area is 140 Å². The number of benzene rings is 2. The second-order valence-corrected chi connectivity index (χ2v) is 7.46. The first-order valence-electron chi connectivity index (χ1n) is 7.53. The number of hydrogen-bond acceptors (Lipinski definition) is 3. The highest BCUT2D eigenvalue weighted by Crippen LogP contribution is 2.23. The lowest BCUT2D eigenvalue weighted by Gasteiger charge is -2.17. The first kappa shape index (κ1) is 16.6. The molecule has 1 atom stereocenters. The van der Waals surface area contributed by atoms with Gasteiger partial charge in [0.1, 0.15) is 11.9 Å². The SMILES string of the molecule is Cc1ccc(S(=O)(=O)N[C@@H]2CCN(c3ccc(F)cc3)C2=O)cc1. The first-order chi connectivity index (χ1) is 11.4. The van der Waals surface area contributed by atoms with Gasteiger partial charge in [-0.05, 0) is 49.7 Å². The lowest BCUT2D eigenvalue weighted by molar-refractivity contribution is -0.118. The zero-order valence-corrected chi connectivity index (χ0v) is 13.9. The van der Waals surface area contributed by atoms with Gasteiger partial charge in [0, 0.05) is 12.2 Å². The smallest absolute Gasteiger partial charge is 0.245 e. The summed E-state index contributed by atoms with van der Waals surface area (Å²) in [5.41, 5.74) is 1.51. The lowest BCUT2D eigenvalue weighted by atomic mass is 10.2. The number of halogens is 1. The number of sulfonamides is 1. The maximum Gasteiger partial charge on any atom is 0.245 e. The molecule has 24 heavy (non-hydrogen) atoms. The van der Waals surface area contributed by atoms with Gasteiger partial charge in [0.2, 0.25) is 15.9 Å². The summed E-state index contributed by atoms with van der Waals surface area (Å²) in [4.78, 5) is 14.0. The third-order valence-corrected chi connectivity index (χ3v) is 5.46. The molecule has 126 valence electrons. The van der Waals surface area contributed by atoms with Crippen LogP contribution in [0.3, 0.4) is 0 Å². The van der Waals surface area contributed by atoms with E-state index in [1.165, 1.54) is 41.3 Å². The molecule has 2 aromatic carbocycles. The van der Waals surface area contributed by atoms with Crippen molar-refractivity contribution < 1.29 is 17.6 Å². The highest BCUT2D eigenvalue weighted by atomic mass is 32.2. The Morgan fingerprint density at radius 2 is 1.71 bits per heavy atom. The van der Waals surface area contributed by atoms with Crippen molar-refractivity contribution in [2.24, 2.45) is 0 Å². The van der Waals surface area contributed by atoms with Gasteiger partial charge in [0.15, 0.2) is 0 Å². The van der Waals surface area contributed by atoms with E-state index in [4.69, 9.17) is 0 Å². The molecule has 1 amide bonds. The molecule has 0 aromatic heterocycles. The van der Waals surface area contributed by atoms with Crippen LogP contribution in [0.2, 0.25) is 0 Å². The second-order valence-electron chi connectivity index (χ2n) is 5.74. The third kappa shape index (κ3) is 3.32. The van der Waals surface area contributed by atoms with E-state index in [2.05, 4.69) is 4.72 Å². The van der Waals surface area contributed by atoms with E-state index < -0.39 is 16.1 Å². The molecule has 0 aliphatic carbocycles. The molecular weight excluding hydrogens is 331 g/mol. The Morgan fingerprint density at radius 3 is 2.33 bits per heavy atom. The zero-order valence-electron chi connectivity index (χ0n) is 13.1. The fourth-order valence-electron chi connectivity index (χ4n) is 2.64. The van der Waals surface area contributed by atoms with Crippen LogP contribution in [-0.4, -0.2) is 26.9 Å². The van der Waals surface area contributed by atoms with Crippen LogP contribution < -0.4 is 9.62 Å². The molecule has 0 saturated carbocycles. The van der Waals surface area contributed by atoms with Crippen LogP contribution in [0.25, 0.3) is 0 Å². The van der Waals surface area contributed by atoms with Gasteiger partial charge < -0.3 is 4.90 Å². The number of hydrogen-bond donors (Lipinski definition) is 1. The molecule has 2 aromatic rings. The Bertz CT molecular complexity index is 848. The van der Waals surface area contributed by atoms with Gasteiger partial charge in [0.05, 0.1) is 4.90 Å². The van der Waals surface area contributed by atoms with Crippen molar-refractivity contribution in [1.29, 1.82) is 0 Å². The van der Waals surface area contributed by atoms with Crippen molar-refractivity contribution in [3.05, 3.63) is 59.9 Å². The van der Waals surface area contributed by atoms with E-state index >= 15 is 0 Å². The van der Waals surface area contributed by atoms with Gasteiger partial charge in [-0.1, -0.05) is 17.7 Å². The molecule has 0 spiro atoms. The van der Waals surface area contributed by atoms with Crippen LogP contribution in [0.4, 0.5) is 10.1 Å². The molecule has 3 rings (SSSR count).